The van der Waals surface area contributed by atoms with Crippen molar-refractivity contribution in [3.63, 3.8) is 0 Å². The van der Waals surface area contributed by atoms with Crippen LogP contribution >= 0.6 is 8.17 Å². The highest BCUT2D eigenvalue weighted by Gasteiger charge is 2.29. The number of hydrogen-bond acceptors (Lipinski definition) is 4. The molecule has 0 heterocycles. The van der Waals surface area contributed by atoms with Crippen molar-refractivity contribution < 1.29 is 19.2 Å². The SMILES string of the molecule is CO[P+](O)(O)O. The predicted octanol–water partition coefficient (Wildman–Crippen LogP) is -0.713. The van der Waals surface area contributed by atoms with E-state index in [1.54, 1.807) is 0 Å². The van der Waals surface area contributed by atoms with Crippen molar-refractivity contribution in [3.8, 4) is 0 Å². The highest BCUT2D eigenvalue weighted by molar-refractivity contribution is 7.53. The van der Waals surface area contributed by atoms with E-state index in [4.69, 9.17) is 14.7 Å². The maximum absolute atomic E-state index is 7.83. The molecule has 5 heteroatoms. The molecular formula is CH6O4P+. The van der Waals surface area contributed by atoms with Crippen LogP contribution in [0.15, 0.2) is 0 Å². The molecule has 0 unspecified atom stereocenters. The fourth-order valence-electron chi connectivity index (χ4n) is 0. The van der Waals surface area contributed by atoms with Gasteiger partial charge in [-0.15, -0.1) is 0 Å². The zero-order valence-electron chi connectivity index (χ0n) is 3.20. The summed E-state index contributed by atoms with van der Waals surface area (Å²) in [4.78, 5) is 23.5. The zero-order valence-corrected chi connectivity index (χ0v) is 4.09. The van der Waals surface area contributed by atoms with E-state index < -0.39 is 8.17 Å². The lowest BCUT2D eigenvalue weighted by Gasteiger charge is -1.92. The minimum atomic E-state index is -3.90. The molecule has 0 aromatic rings. The van der Waals surface area contributed by atoms with Gasteiger partial charge in [0, 0.05) is 0 Å². The van der Waals surface area contributed by atoms with Gasteiger partial charge >= 0.3 is 8.17 Å². The van der Waals surface area contributed by atoms with Gasteiger partial charge < -0.3 is 0 Å². The molecule has 38 valence electrons. The summed E-state index contributed by atoms with van der Waals surface area (Å²) in [7, 11) is -2.89. The Labute approximate surface area is 35.7 Å². The highest BCUT2D eigenvalue weighted by atomic mass is 31.2. The van der Waals surface area contributed by atoms with Gasteiger partial charge in [-0.3, -0.25) is 0 Å². The van der Waals surface area contributed by atoms with Crippen molar-refractivity contribution in [1.29, 1.82) is 0 Å². The summed E-state index contributed by atoms with van der Waals surface area (Å²) >= 11 is 0. The first kappa shape index (κ1) is 6.27. The second kappa shape index (κ2) is 1.82. The molecular weight excluding hydrogens is 107 g/mol. The summed E-state index contributed by atoms with van der Waals surface area (Å²) in [6, 6.07) is 0. The summed E-state index contributed by atoms with van der Waals surface area (Å²) < 4.78 is 3.72. The molecule has 0 aliphatic carbocycles. The Hall–Kier alpha value is 0.270. The van der Waals surface area contributed by atoms with Gasteiger partial charge in [0.25, 0.3) is 0 Å². The fraction of sp³-hybridized carbons (Fsp3) is 1.00. The second-order valence-electron chi connectivity index (χ2n) is 0.696. The maximum atomic E-state index is 7.83. The average Bonchev–Trinajstić information content (AvgIpc) is 1.35. The first-order valence-corrected chi connectivity index (χ1v) is 2.76. The molecule has 0 bridgehead atoms. The quantitative estimate of drug-likeness (QED) is 0.393. The van der Waals surface area contributed by atoms with Crippen molar-refractivity contribution in [2.45, 2.75) is 0 Å². The van der Waals surface area contributed by atoms with Gasteiger partial charge in [-0.05, 0) is 0 Å². The molecule has 0 aliphatic heterocycles. The average molecular weight is 113 g/mol. The smallest absolute Gasteiger partial charge is 0.168 e. The summed E-state index contributed by atoms with van der Waals surface area (Å²) in [6.07, 6.45) is 0. The van der Waals surface area contributed by atoms with Crippen molar-refractivity contribution in [2.24, 2.45) is 0 Å². The normalized spacial score (nSPS) is 12.0. The van der Waals surface area contributed by atoms with Crippen LogP contribution in [0.25, 0.3) is 0 Å². The molecule has 0 fully saturated rings. The van der Waals surface area contributed by atoms with Crippen LogP contribution in [-0.4, -0.2) is 21.8 Å². The van der Waals surface area contributed by atoms with Crippen LogP contribution in [0, 0.1) is 0 Å². The molecule has 0 aromatic carbocycles. The van der Waals surface area contributed by atoms with Crippen LogP contribution in [0.3, 0.4) is 0 Å². The minimum Gasteiger partial charge on any atom is -0.168 e. The van der Waals surface area contributed by atoms with Crippen molar-refractivity contribution in [3.05, 3.63) is 0 Å². The molecule has 0 radical (unpaired) electrons. The van der Waals surface area contributed by atoms with Crippen LogP contribution < -0.4 is 0 Å². The summed E-state index contributed by atoms with van der Waals surface area (Å²) in [5, 5.41) is 0. The third-order valence-electron chi connectivity index (χ3n) is 0.245. The Bertz CT molecular complexity index is 37.3. The van der Waals surface area contributed by atoms with E-state index in [2.05, 4.69) is 4.52 Å². The summed E-state index contributed by atoms with van der Waals surface area (Å²) in [6.45, 7) is 0. The molecule has 0 aliphatic rings. The van der Waals surface area contributed by atoms with Gasteiger partial charge in [-0.25, -0.2) is 0 Å². The van der Waals surface area contributed by atoms with Gasteiger partial charge in [0.1, 0.15) is 0 Å². The van der Waals surface area contributed by atoms with Crippen molar-refractivity contribution in [1.82, 2.24) is 0 Å². The first-order chi connectivity index (χ1) is 2.56. The lowest BCUT2D eigenvalue weighted by molar-refractivity contribution is 0.193. The Morgan fingerprint density at radius 3 is 1.50 bits per heavy atom. The van der Waals surface area contributed by atoms with E-state index in [1.807, 2.05) is 0 Å². The van der Waals surface area contributed by atoms with E-state index in [0.717, 1.165) is 7.11 Å². The summed E-state index contributed by atoms with van der Waals surface area (Å²) in [5.74, 6) is 0. The molecule has 0 amide bonds. The predicted molar refractivity (Wildman–Crippen MR) is 20.6 cm³/mol. The van der Waals surface area contributed by atoms with Crippen molar-refractivity contribution >= 4 is 8.17 Å². The van der Waals surface area contributed by atoms with Crippen LogP contribution in [0.2, 0.25) is 0 Å². The molecule has 6 heavy (non-hydrogen) atoms. The largest absolute Gasteiger partial charge is 0.567 e. The summed E-state index contributed by atoms with van der Waals surface area (Å²) in [5.41, 5.74) is 0. The van der Waals surface area contributed by atoms with Gasteiger partial charge in [0.15, 0.2) is 0 Å². The molecule has 0 spiro atoms. The fourth-order valence-corrected chi connectivity index (χ4v) is 0. The third-order valence-corrected chi connectivity index (χ3v) is 0.735. The second-order valence-corrected chi connectivity index (χ2v) is 2.09. The van der Waals surface area contributed by atoms with E-state index in [9.17, 15) is 0 Å². The van der Waals surface area contributed by atoms with Crippen LogP contribution in [0.4, 0.5) is 0 Å². The van der Waals surface area contributed by atoms with Gasteiger partial charge in [-0.1, -0.05) is 0 Å². The highest BCUT2D eigenvalue weighted by Crippen LogP contribution is 2.44. The van der Waals surface area contributed by atoms with Gasteiger partial charge in [0.05, 0.1) is 7.11 Å². The van der Waals surface area contributed by atoms with E-state index in [-0.39, 0.29) is 0 Å². The third kappa shape index (κ3) is 4.27. The van der Waals surface area contributed by atoms with Crippen LogP contribution in [0.5, 0.6) is 0 Å². The Morgan fingerprint density at radius 2 is 1.50 bits per heavy atom. The Kier molecular flexibility index (Phi) is 1.90. The van der Waals surface area contributed by atoms with Gasteiger partial charge in [0.2, 0.25) is 0 Å². The molecule has 0 aromatic heterocycles. The van der Waals surface area contributed by atoms with E-state index >= 15 is 0 Å². The lowest BCUT2D eigenvalue weighted by Crippen LogP contribution is -1.87. The van der Waals surface area contributed by atoms with Crippen LogP contribution in [-0.2, 0) is 4.52 Å². The molecule has 0 saturated carbocycles. The molecule has 0 saturated heterocycles. The minimum absolute atomic E-state index is 1.01. The Morgan fingerprint density at radius 1 is 1.33 bits per heavy atom. The zero-order chi connectivity index (χ0) is 5.21. The topological polar surface area (TPSA) is 69.9 Å². The number of rotatable bonds is 1. The lowest BCUT2D eigenvalue weighted by atomic mass is 11.8. The maximum Gasteiger partial charge on any atom is 0.567 e. The van der Waals surface area contributed by atoms with E-state index in [1.165, 1.54) is 0 Å². The first-order valence-electron chi connectivity index (χ1n) is 1.19. The van der Waals surface area contributed by atoms with E-state index in [0.29, 0.717) is 0 Å². The monoisotopic (exact) mass is 113 g/mol. The van der Waals surface area contributed by atoms with Gasteiger partial charge in [-0.2, -0.15) is 19.2 Å². The molecule has 0 rings (SSSR count). The standard InChI is InChI=1S/CH6O4P/c1-5-6(2,3)4/h2-4H,1H3/q+1. The molecule has 4 nitrogen and oxygen atoms in total. The molecule has 0 atom stereocenters. The van der Waals surface area contributed by atoms with Crippen LogP contribution in [0.1, 0.15) is 0 Å². The van der Waals surface area contributed by atoms with Crippen molar-refractivity contribution in [2.75, 3.05) is 7.11 Å². The Balaban J connectivity index is 3.17. The number of hydrogen-bond donors (Lipinski definition) is 3. The molecule has 3 N–H and O–H groups in total.